The number of nitrogens with one attached hydrogen (secondary N) is 1. The number of hydrogen-bond donors (Lipinski definition) is 1. The maximum absolute atomic E-state index is 12.6. The van der Waals surface area contributed by atoms with Crippen molar-refractivity contribution in [1.29, 1.82) is 0 Å². The minimum atomic E-state index is -0.146. The van der Waals surface area contributed by atoms with Gasteiger partial charge in [0.25, 0.3) is 5.56 Å². The van der Waals surface area contributed by atoms with E-state index in [1.807, 2.05) is 0 Å². The van der Waals surface area contributed by atoms with Crippen molar-refractivity contribution in [2.24, 2.45) is 5.92 Å². The summed E-state index contributed by atoms with van der Waals surface area (Å²) in [6.07, 6.45) is 4.55. The summed E-state index contributed by atoms with van der Waals surface area (Å²) >= 11 is 0. The Kier molecular flexibility index (Phi) is 7.55. The number of rotatable bonds is 9. The smallest absolute Gasteiger partial charge is 0.268 e. The quantitative estimate of drug-likeness (QED) is 0.593. The van der Waals surface area contributed by atoms with Crippen LogP contribution in [0.3, 0.4) is 0 Å². The van der Waals surface area contributed by atoms with E-state index in [4.69, 9.17) is 4.74 Å². The molecule has 2 aliphatic heterocycles. The maximum Gasteiger partial charge on any atom is 0.268 e. The number of fused-ring (bicyclic) bond motifs is 1. The first kappa shape index (κ1) is 22.5. The molecule has 1 saturated heterocycles. The number of carbonyl (C=O) groups excluding carboxylic acids is 1. The normalized spacial score (nSPS) is 18.5. The summed E-state index contributed by atoms with van der Waals surface area (Å²) in [5.41, 5.74) is 3.53. The van der Waals surface area contributed by atoms with Gasteiger partial charge in [-0.25, -0.2) is 4.68 Å². The Hall–Kier alpha value is -2.71. The predicted octanol–water partition coefficient (Wildman–Crippen LogP) is 1.28. The van der Waals surface area contributed by atoms with Crippen molar-refractivity contribution in [1.82, 2.24) is 20.0 Å². The predicted molar refractivity (Wildman–Crippen MR) is 124 cm³/mol. The Morgan fingerprint density at radius 1 is 1.22 bits per heavy atom. The fraction of sp³-hybridized carbons (Fsp3) is 0.542. The Balaban J connectivity index is 1.18. The number of benzene rings is 1. The van der Waals surface area contributed by atoms with Crippen LogP contribution in [0.2, 0.25) is 0 Å². The van der Waals surface area contributed by atoms with E-state index >= 15 is 0 Å². The molecule has 32 heavy (non-hydrogen) atoms. The van der Waals surface area contributed by atoms with Crippen LogP contribution < -0.4 is 15.8 Å². The van der Waals surface area contributed by atoms with Gasteiger partial charge in [-0.1, -0.05) is 24.3 Å². The minimum Gasteiger partial charge on any atom is -0.383 e. The van der Waals surface area contributed by atoms with E-state index in [0.717, 1.165) is 51.1 Å². The topological polar surface area (TPSA) is 79.7 Å². The summed E-state index contributed by atoms with van der Waals surface area (Å²) in [5, 5.41) is 7.34. The fourth-order valence-electron chi connectivity index (χ4n) is 4.56. The second-order valence-electron chi connectivity index (χ2n) is 8.64. The molecular weight excluding hydrogens is 406 g/mol. The van der Waals surface area contributed by atoms with Gasteiger partial charge in [-0.05, 0) is 30.4 Å². The van der Waals surface area contributed by atoms with Gasteiger partial charge in [-0.2, -0.15) is 5.10 Å². The number of methoxy groups -OCH3 is 1. The van der Waals surface area contributed by atoms with Crippen molar-refractivity contribution in [2.45, 2.75) is 32.4 Å². The van der Waals surface area contributed by atoms with Crippen molar-refractivity contribution in [2.75, 3.05) is 51.3 Å². The molecule has 0 saturated carbocycles. The molecule has 1 atom stereocenters. The molecule has 1 N–H and O–H groups in total. The molecule has 1 aromatic carbocycles. The molecule has 0 bridgehead atoms. The lowest BCUT2D eigenvalue weighted by Crippen LogP contribution is -2.36. The maximum atomic E-state index is 12.6. The monoisotopic (exact) mass is 439 g/mol. The Morgan fingerprint density at radius 2 is 2.06 bits per heavy atom. The van der Waals surface area contributed by atoms with Gasteiger partial charge in [0.15, 0.2) is 0 Å². The van der Waals surface area contributed by atoms with Crippen LogP contribution in [0.4, 0.5) is 5.69 Å². The van der Waals surface area contributed by atoms with Crippen molar-refractivity contribution >= 4 is 11.6 Å². The third kappa shape index (κ3) is 5.55. The number of anilines is 1. The zero-order valence-electron chi connectivity index (χ0n) is 18.8. The van der Waals surface area contributed by atoms with Crippen molar-refractivity contribution in [3.63, 3.8) is 0 Å². The van der Waals surface area contributed by atoms with Crippen LogP contribution in [0.1, 0.15) is 24.0 Å². The number of hydrogen-bond acceptors (Lipinski definition) is 6. The Morgan fingerprint density at radius 3 is 2.88 bits per heavy atom. The molecule has 2 aliphatic rings. The molecule has 1 fully saturated rings. The van der Waals surface area contributed by atoms with Crippen LogP contribution in [0.15, 0.2) is 41.3 Å². The van der Waals surface area contributed by atoms with E-state index in [1.54, 1.807) is 19.4 Å². The summed E-state index contributed by atoms with van der Waals surface area (Å²) in [6, 6.07) is 10.3. The van der Waals surface area contributed by atoms with E-state index < -0.39 is 0 Å². The molecular formula is C24H33N5O3. The second kappa shape index (κ2) is 10.7. The second-order valence-corrected chi connectivity index (χ2v) is 8.64. The zero-order chi connectivity index (χ0) is 22.3. The SMILES string of the molecule is COCCn1ncc(N2CCC(C(=O)NCCCN3CCc4ccccc4C3)C2)cc1=O. The van der Waals surface area contributed by atoms with Gasteiger partial charge in [0, 0.05) is 52.4 Å². The molecule has 0 aliphatic carbocycles. The first-order valence-electron chi connectivity index (χ1n) is 11.5. The van der Waals surface area contributed by atoms with Crippen LogP contribution in [0, 0.1) is 5.92 Å². The van der Waals surface area contributed by atoms with E-state index in [9.17, 15) is 9.59 Å². The van der Waals surface area contributed by atoms with Gasteiger partial charge in [0.1, 0.15) is 0 Å². The lowest BCUT2D eigenvalue weighted by molar-refractivity contribution is -0.124. The third-order valence-corrected chi connectivity index (χ3v) is 6.45. The van der Waals surface area contributed by atoms with Gasteiger partial charge >= 0.3 is 0 Å². The average molecular weight is 440 g/mol. The molecule has 2 aromatic rings. The summed E-state index contributed by atoms with van der Waals surface area (Å²) in [4.78, 5) is 29.4. The van der Waals surface area contributed by atoms with E-state index in [2.05, 4.69) is 44.5 Å². The summed E-state index contributed by atoms with van der Waals surface area (Å²) < 4.78 is 6.40. The zero-order valence-corrected chi connectivity index (χ0v) is 18.8. The largest absolute Gasteiger partial charge is 0.383 e. The molecule has 172 valence electrons. The third-order valence-electron chi connectivity index (χ3n) is 6.45. The first-order chi connectivity index (χ1) is 15.6. The number of aromatic nitrogens is 2. The number of ether oxygens (including phenoxy) is 1. The summed E-state index contributed by atoms with van der Waals surface area (Å²) in [5.74, 6) is 0.0608. The van der Waals surface area contributed by atoms with Crippen LogP contribution in [0.5, 0.6) is 0 Å². The highest BCUT2D eigenvalue weighted by molar-refractivity contribution is 5.80. The van der Waals surface area contributed by atoms with E-state index in [0.29, 0.717) is 26.2 Å². The first-order valence-corrected chi connectivity index (χ1v) is 11.5. The number of carbonyl (C=O) groups is 1. The minimum absolute atomic E-state index is 0.0483. The molecule has 0 radical (unpaired) electrons. The molecule has 0 spiro atoms. The number of amides is 1. The number of nitrogens with zero attached hydrogens (tertiary/aromatic N) is 4. The van der Waals surface area contributed by atoms with E-state index in [1.165, 1.54) is 15.8 Å². The van der Waals surface area contributed by atoms with Gasteiger partial charge < -0.3 is 15.0 Å². The van der Waals surface area contributed by atoms with E-state index in [-0.39, 0.29) is 17.4 Å². The molecule has 8 heteroatoms. The van der Waals surface area contributed by atoms with Crippen LogP contribution in [0.25, 0.3) is 0 Å². The summed E-state index contributed by atoms with van der Waals surface area (Å²) in [7, 11) is 1.60. The van der Waals surface area contributed by atoms with Crippen LogP contribution in [-0.2, 0) is 29.0 Å². The van der Waals surface area contributed by atoms with Crippen molar-refractivity contribution in [3.8, 4) is 0 Å². The molecule has 3 heterocycles. The summed E-state index contributed by atoms with van der Waals surface area (Å²) in [6.45, 7) is 6.04. The molecule has 1 amide bonds. The Labute approximate surface area is 189 Å². The van der Waals surface area contributed by atoms with Crippen LogP contribution >= 0.6 is 0 Å². The molecule has 1 unspecified atom stereocenters. The van der Waals surface area contributed by atoms with Gasteiger partial charge in [-0.15, -0.1) is 0 Å². The highest BCUT2D eigenvalue weighted by atomic mass is 16.5. The Bertz CT molecular complexity index is 976. The molecule has 1 aromatic heterocycles. The van der Waals surface area contributed by atoms with Crippen LogP contribution in [-0.4, -0.2) is 67.0 Å². The lowest BCUT2D eigenvalue weighted by atomic mass is 10.00. The molecule has 4 rings (SSSR count). The average Bonchev–Trinajstić information content (AvgIpc) is 3.31. The molecule has 8 nitrogen and oxygen atoms in total. The highest BCUT2D eigenvalue weighted by Gasteiger charge is 2.28. The lowest BCUT2D eigenvalue weighted by Gasteiger charge is -2.28. The fourth-order valence-corrected chi connectivity index (χ4v) is 4.56. The van der Waals surface area contributed by atoms with Crippen molar-refractivity contribution < 1.29 is 9.53 Å². The van der Waals surface area contributed by atoms with Gasteiger partial charge in [0.05, 0.1) is 31.0 Å². The van der Waals surface area contributed by atoms with Crippen molar-refractivity contribution in [3.05, 3.63) is 58.0 Å². The highest BCUT2D eigenvalue weighted by Crippen LogP contribution is 2.22. The van der Waals surface area contributed by atoms with Gasteiger partial charge in [0.2, 0.25) is 5.91 Å². The van der Waals surface area contributed by atoms with Gasteiger partial charge in [-0.3, -0.25) is 14.5 Å². The standard InChI is InChI=1S/C24H33N5O3/c1-32-14-13-29-23(30)15-22(16-26-29)28-12-8-21(18-28)24(31)25-9-4-10-27-11-7-19-5-2-3-6-20(19)17-27/h2-3,5-6,15-16,21H,4,7-14,17-18H2,1H3,(H,25,31).